The number of furan rings is 1. The highest BCUT2D eigenvalue weighted by molar-refractivity contribution is 5.94. The van der Waals surface area contributed by atoms with Gasteiger partial charge in [-0.2, -0.15) is 0 Å². The molecule has 6 nitrogen and oxygen atoms in total. The Morgan fingerprint density at radius 2 is 1.88 bits per heavy atom. The average Bonchev–Trinajstić information content (AvgIpc) is 3.32. The molecule has 4 rings (SSSR count). The maximum Gasteiger partial charge on any atom is 0.289 e. The van der Waals surface area contributed by atoms with Crippen molar-refractivity contribution >= 4 is 11.8 Å². The molecule has 0 aromatic carbocycles. The standard InChI is InChI=1S/C19H21N3O3/c23-17(15-4-1-8-20-12-15)21-9-3-6-19(13-21)7-10-22(14-19)18(24)16-5-2-11-25-16/h1-2,4-5,8,11-12H,3,6-7,9-10,13-14H2/t19-/m0/s1. The Morgan fingerprint density at radius 1 is 1.04 bits per heavy atom. The molecule has 25 heavy (non-hydrogen) atoms. The van der Waals surface area contributed by atoms with Crippen LogP contribution in [0, 0.1) is 5.41 Å². The van der Waals surface area contributed by atoms with Crippen molar-refractivity contribution < 1.29 is 14.0 Å². The Balaban J connectivity index is 1.46. The van der Waals surface area contributed by atoms with Crippen LogP contribution >= 0.6 is 0 Å². The summed E-state index contributed by atoms with van der Waals surface area (Å²) in [4.78, 5) is 33.1. The van der Waals surface area contributed by atoms with E-state index in [-0.39, 0.29) is 17.2 Å². The summed E-state index contributed by atoms with van der Waals surface area (Å²) in [6, 6.07) is 7.02. The lowest BCUT2D eigenvalue weighted by Gasteiger charge is -2.40. The van der Waals surface area contributed by atoms with E-state index in [2.05, 4.69) is 4.98 Å². The first kappa shape index (κ1) is 15.9. The summed E-state index contributed by atoms with van der Waals surface area (Å²) in [6.07, 6.45) is 7.75. The summed E-state index contributed by atoms with van der Waals surface area (Å²) in [5.41, 5.74) is 0.624. The third kappa shape index (κ3) is 3.04. The van der Waals surface area contributed by atoms with E-state index in [1.54, 1.807) is 36.7 Å². The average molecular weight is 339 g/mol. The summed E-state index contributed by atoms with van der Waals surface area (Å²) < 4.78 is 5.24. The highest BCUT2D eigenvalue weighted by Gasteiger charge is 2.44. The molecule has 130 valence electrons. The van der Waals surface area contributed by atoms with Crippen LogP contribution in [0.3, 0.4) is 0 Å². The molecule has 2 aromatic heterocycles. The highest BCUT2D eigenvalue weighted by Crippen LogP contribution is 2.39. The van der Waals surface area contributed by atoms with E-state index in [0.29, 0.717) is 31.0 Å². The monoisotopic (exact) mass is 339 g/mol. The van der Waals surface area contributed by atoms with Gasteiger partial charge in [-0.05, 0) is 43.5 Å². The fourth-order valence-electron chi connectivity index (χ4n) is 4.05. The van der Waals surface area contributed by atoms with Gasteiger partial charge in [0.15, 0.2) is 5.76 Å². The summed E-state index contributed by atoms with van der Waals surface area (Å²) in [7, 11) is 0. The fraction of sp³-hybridized carbons (Fsp3) is 0.421. The van der Waals surface area contributed by atoms with Crippen molar-refractivity contribution in [1.82, 2.24) is 14.8 Å². The summed E-state index contributed by atoms with van der Waals surface area (Å²) in [6.45, 7) is 2.86. The highest BCUT2D eigenvalue weighted by atomic mass is 16.3. The molecule has 1 atom stereocenters. The van der Waals surface area contributed by atoms with Gasteiger partial charge in [-0.3, -0.25) is 14.6 Å². The number of hydrogen-bond acceptors (Lipinski definition) is 4. The van der Waals surface area contributed by atoms with Crippen LogP contribution in [0.5, 0.6) is 0 Å². The van der Waals surface area contributed by atoms with Gasteiger partial charge in [0.2, 0.25) is 0 Å². The fourth-order valence-corrected chi connectivity index (χ4v) is 4.05. The quantitative estimate of drug-likeness (QED) is 0.843. The maximum atomic E-state index is 12.7. The van der Waals surface area contributed by atoms with Crippen LogP contribution in [-0.4, -0.2) is 52.8 Å². The molecular weight excluding hydrogens is 318 g/mol. The van der Waals surface area contributed by atoms with E-state index >= 15 is 0 Å². The number of aromatic nitrogens is 1. The zero-order valence-corrected chi connectivity index (χ0v) is 14.1. The van der Waals surface area contributed by atoms with Gasteiger partial charge in [0.25, 0.3) is 11.8 Å². The van der Waals surface area contributed by atoms with Crippen molar-refractivity contribution in [2.24, 2.45) is 5.41 Å². The topological polar surface area (TPSA) is 66.7 Å². The van der Waals surface area contributed by atoms with E-state index in [0.717, 1.165) is 25.8 Å². The van der Waals surface area contributed by atoms with Gasteiger partial charge >= 0.3 is 0 Å². The van der Waals surface area contributed by atoms with Crippen LogP contribution in [0.2, 0.25) is 0 Å². The molecule has 2 aromatic rings. The largest absolute Gasteiger partial charge is 0.459 e. The van der Waals surface area contributed by atoms with Crippen molar-refractivity contribution in [2.75, 3.05) is 26.2 Å². The number of hydrogen-bond donors (Lipinski definition) is 0. The van der Waals surface area contributed by atoms with Crippen molar-refractivity contribution in [2.45, 2.75) is 19.3 Å². The number of carbonyl (C=O) groups is 2. The molecule has 0 unspecified atom stereocenters. The maximum absolute atomic E-state index is 12.7. The second-order valence-electron chi connectivity index (χ2n) is 7.03. The lowest BCUT2D eigenvalue weighted by molar-refractivity contribution is 0.0511. The predicted molar refractivity (Wildman–Crippen MR) is 91.0 cm³/mol. The summed E-state index contributed by atoms with van der Waals surface area (Å²) >= 11 is 0. The van der Waals surface area contributed by atoms with E-state index in [4.69, 9.17) is 4.42 Å². The summed E-state index contributed by atoms with van der Waals surface area (Å²) in [5.74, 6) is 0.358. The number of amides is 2. The Labute approximate surface area is 146 Å². The second kappa shape index (κ2) is 6.35. The zero-order chi connectivity index (χ0) is 17.3. The molecule has 2 aliphatic rings. The smallest absolute Gasteiger partial charge is 0.289 e. The van der Waals surface area contributed by atoms with E-state index in [1.807, 2.05) is 9.80 Å². The third-order valence-electron chi connectivity index (χ3n) is 5.31. The van der Waals surface area contributed by atoms with Crippen LogP contribution in [0.15, 0.2) is 47.3 Å². The Hall–Kier alpha value is -2.63. The molecule has 2 saturated heterocycles. The normalized spacial score (nSPS) is 23.2. The van der Waals surface area contributed by atoms with Gasteiger partial charge in [-0.1, -0.05) is 0 Å². The predicted octanol–water partition coefficient (Wildman–Crippen LogP) is 2.44. The van der Waals surface area contributed by atoms with E-state index in [1.165, 1.54) is 6.26 Å². The van der Waals surface area contributed by atoms with Crippen LogP contribution < -0.4 is 0 Å². The lowest BCUT2D eigenvalue weighted by atomic mass is 9.79. The van der Waals surface area contributed by atoms with Gasteiger partial charge in [0, 0.05) is 44.0 Å². The second-order valence-corrected chi connectivity index (χ2v) is 7.03. The molecule has 0 radical (unpaired) electrons. The molecule has 0 N–H and O–H groups in total. The van der Waals surface area contributed by atoms with Crippen molar-refractivity contribution in [3.63, 3.8) is 0 Å². The molecule has 1 spiro atoms. The van der Waals surface area contributed by atoms with Crippen LogP contribution in [-0.2, 0) is 0 Å². The number of nitrogens with zero attached hydrogens (tertiary/aromatic N) is 3. The van der Waals surface area contributed by atoms with Gasteiger partial charge in [-0.15, -0.1) is 0 Å². The molecule has 0 aliphatic carbocycles. The molecular formula is C19H21N3O3. The minimum Gasteiger partial charge on any atom is -0.459 e. The Bertz CT molecular complexity index is 759. The van der Waals surface area contributed by atoms with Crippen LogP contribution in [0.1, 0.15) is 40.2 Å². The SMILES string of the molecule is O=C(c1cccnc1)N1CCC[C@]2(CCN(C(=O)c3ccco3)C2)C1. The van der Waals surface area contributed by atoms with E-state index in [9.17, 15) is 9.59 Å². The van der Waals surface area contributed by atoms with Gasteiger partial charge < -0.3 is 14.2 Å². The first-order valence-electron chi connectivity index (χ1n) is 8.69. The summed E-state index contributed by atoms with van der Waals surface area (Å²) in [5, 5.41) is 0. The first-order chi connectivity index (χ1) is 12.2. The molecule has 4 heterocycles. The third-order valence-corrected chi connectivity index (χ3v) is 5.31. The molecule has 0 saturated carbocycles. The molecule has 0 bridgehead atoms. The molecule has 2 amide bonds. The van der Waals surface area contributed by atoms with Crippen LogP contribution in [0.4, 0.5) is 0 Å². The van der Waals surface area contributed by atoms with Gasteiger partial charge in [0.05, 0.1) is 11.8 Å². The number of likely N-dealkylation sites (tertiary alicyclic amines) is 2. The van der Waals surface area contributed by atoms with E-state index < -0.39 is 0 Å². The van der Waals surface area contributed by atoms with Crippen molar-refractivity contribution in [1.29, 1.82) is 0 Å². The number of rotatable bonds is 2. The number of pyridine rings is 1. The Morgan fingerprint density at radius 3 is 2.60 bits per heavy atom. The number of carbonyl (C=O) groups excluding carboxylic acids is 2. The zero-order valence-electron chi connectivity index (χ0n) is 14.1. The molecule has 2 aliphatic heterocycles. The van der Waals surface area contributed by atoms with Crippen molar-refractivity contribution in [3.05, 3.63) is 54.2 Å². The molecule has 2 fully saturated rings. The first-order valence-corrected chi connectivity index (χ1v) is 8.69. The lowest BCUT2D eigenvalue weighted by Crippen LogP contribution is -2.47. The van der Waals surface area contributed by atoms with Crippen molar-refractivity contribution in [3.8, 4) is 0 Å². The molecule has 6 heteroatoms. The number of piperidine rings is 1. The van der Waals surface area contributed by atoms with Crippen LogP contribution in [0.25, 0.3) is 0 Å². The Kier molecular flexibility index (Phi) is 4.03. The van der Waals surface area contributed by atoms with Gasteiger partial charge in [-0.25, -0.2) is 0 Å². The van der Waals surface area contributed by atoms with Gasteiger partial charge in [0.1, 0.15) is 0 Å². The minimum atomic E-state index is -0.0578. The minimum absolute atomic E-state index is 0.00162.